The van der Waals surface area contributed by atoms with E-state index in [1.54, 1.807) is 27.9 Å². The Labute approximate surface area is 193 Å². The first-order valence-electron chi connectivity index (χ1n) is 10.1. The second kappa shape index (κ2) is 9.32. The summed E-state index contributed by atoms with van der Waals surface area (Å²) in [5, 5.41) is 7.46. The highest BCUT2D eigenvalue weighted by molar-refractivity contribution is 14.0. The van der Waals surface area contributed by atoms with Gasteiger partial charge in [-0.15, -0.1) is 24.0 Å². The minimum absolute atomic E-state index is 0. The minimum Gasteiger partial charge on any atom is -0.357 e. The lowest BCUT2D eigenvalue weighted by atomic mass is 9.96. The molecule has 1 N–H and O–H groups in total. The fraction of sp³-hybridized carbons (Fsp3) is 0.476. The number of piperazine rings is 1. The van der Waals surface area contributed by atoms with Crippen LogP contribution in [0.1, 0.15) is 25.3 Å². The van der Waals surface area contributed by atoms with Crippen LogP contribution in [0.15, 0.2) is 41.7 Å². The summed E-state index contributed by atoms with van der Waals surface area (Å²) in [4.78, 5) is 21.3. The molecule has 0 radical (unpaired) electrons. The average Bonchev–Trinajstić information content (AvgIpc) is 3.38. The van der Waals surface area contributed by atoms with E-state index < -0.39 is 0 Å². The van der Waals surface area contributed by atoms with E-state index >= 15 is 0 Å². The molecule has 4 rings (SSSR count). The predicted molar refractivity (Wildman–Crippen MR) is 126 cm³/mol. The fourth-order valence-electron chi connectivity index (χ4n) is 3.83. The molecule has 2 fully saturated rings. The third kappa shape index (κ3) is 4.76. The maximum absolute atomic E-state index is 13.7. The summed E-state index contributed by atoms with van der Waals surface area (Å²) in [6, 6.07) is 6.83. The summed E-state index contributed by atoms with van der Waals surface area (Å²) in [5.74, 6) is 0.567. The van der Waals surface area contributed by atoms with Crippen LogP contribution in [-0.2, 0) is 17.3 Å². The number of benzene rings is 1. The van der Waals surface area contributed by atoms with Gasteiger partial charge in [0.1, 0.15) is 12.4 Å². The maximum atomic E-state index is 13.7. The summed E-state index contributed by atoms with van der Waals surface area (Å²) in [7, 11) is 1.84. The maximum Gasteiger partial charge on any atom is 0.246 e. The molecule has 162 valence electrons. The highest BCUT2D eigenvalue weighted by atomic mass is 127. The summed E-state index contributed by atoms with van der Waals surface area (Å²) in [6.45, 7) is 4.89. The van der Waals surface area contributed by atoms with Crippen molar-refractivity contribution < 1.29 is 9.18 Å². The summed E-state index contributed by atoms with van der Waals surface area (Å²) in [5.41, 5.74) is 1.75. The van der Waals surface area contributed by atoms with Gasteiger partial charge in [-0.2, -0.15) is 5.10 Å². The second-order valence-electron chi connectivity index (χ2n) is 7.80. The van der Waals surface area contributed by atoms with E-state index in [-0.39, 0.29) is 47.7 Å². The smallest absolute Gasteiger partial charge is 0.246 e. The molecule has 1 aliphatic carbocycles. The third-order valence-corrected chi connectivity index (χ3v) is 5.68. The van der Waals surface area contributed by atoms with Crippen molar-refractivity contribution in [3.63, 3.8) is 0 Å². The number of anilines is 1. The number of hydrogen-bond acceptors (Lipinski definition) is 3. The van der Waals surface area contributed by atoms with E-state index in [0.717, 1.165) is 36.6 Å². The molecule has 1 aromatic carbocycles. The highest BCUT2D eigenvalue weighted by Gasteiger charge is 2.44. The van der Waals surface area contributed by atoms with E-state index in [1.807, 2.05) is 31.1 Å². The first-order valence-corrected chi connectivity index (χ1v) is 10.1. The summed E-state index contributed by atoms with van der Waals surface area (Å²) >= 11 is 0. The van der Waals surface area contributed by atoms with Gasteiger partial charge in [0, 0.05) is 38.3 Å². The third-order valence-electron chi connectivity index (χ3n) is 5.68. The van der Waals surface area contributed by atoms with Gasteiger partial charge >= 0.3 is 0 Å². The molecular weight excluding hydrogens is 498 g/mol. The lowest BCUT2D eigenvalue weighted by Gasteiger charge is -2.35. The van der Waals surface area contributed by atoms with Crippen molar-refractivity contribution in [3.8, 4) is 0 Å². The quantitative estimate of drug-likeness (QED) is 0.370. The lowest BCUT2D eigenvalue weighted by molar-refractivity contribution is -0.120. The first-order chi connectivity index (χ1) is 14.0. The van der Waals surface area contributed by atoms with Crippen LogP contribution in [0.2, 0.25) is 0 Å². The van der Waals surface area contributed by atoms with E-state index in [9.17, 15) is 9.18 Å². The molecule has 0 bridgehead atoms. The average molecular weight is 526 g/mol. The number of aromatic nitrogens is 2. The Morgan fingerprint density at radius 2 is 2.13 bits per heavy atom. The number of carbonyl (C=O) groups is 1. The molecule has 0 unspecified atom stereocenters. The minimum atomic E-state index is -0.207. The molecule has 2 aliphatic rings. The highest BCUT2D eigenvalue weighted by Crippen LogP contribution is 2.48. The van der Waals surface area contributed by atoms with E-state index in [2.05, 4.69) is 10.4 Å². The van der Waals surface area contributed by atoms with Crippen LogP contribution in [0, 0.1) is 5.82 Å². The number of amides is 1. The molecule has 1 saturated heterocycles. The standard InChI is InChI=1S/C21H27FN6O.HI/c1-3-23-20(24-15-21(7-8-21)16-5-4-6-17(22)11-16)27-9-10-28(19(29)14-27)18-12-25-26(2)13-18;/h4-6,11-13H,3,7-10,14-15H2,1-2H3,(H,23,24);1H. The molecule has 2 heterocycles. The van der Waals surface area contributed by atoms with Crippen LogP contribution in [0.25, 0.3) is 0 Å². The van der Waals surface area contributed by atoms with Crippen LogP contribution < -0.4 is 10.2 Å². The fourth-order valence-corrected chi connectivity index (χ4v) is 3.83. The van der Waals surface area contributed by atoms with Crippen LogP contribution in [0.3, 0.4) is 0 Å². The monoisotopic (exact) mass is 526 g/mol. The zero-order valence-corrected chi connectivity index (χ0v) is 19.7. The normalized spacial score (nSPS) is 18.2. The van der Waals surface area contributed by atoms with Gasteiger partial charge in [-0.1, -0.05) is 12.1 Å². The number of nitrogens with zero attached hydrogens (tertiary/aromatic N) is 5. The van der Waals surface area contributed by atoms with Crippen molar-refractivity contribution in [2.24, 2.45) is 12.0 Å². The summed E-state index contributed by atoms with van der Waals surface area (Å²) in [6.07, 6.45) is 5.57. The molecule has 1 saturated carbocycles. The zero-order valence-electron chi connectivity index (χ0n) is 17.3. The molecule has 1 amide bonds. The van der Waals surface area contributed by atoms with Crippen molar-refractivity contribution in [1.82, 2.24) is 20.0 Å². The molecular formula is C21H28FIN6O. The van der Waals surface area contributed by atoms with E-state index in [1.165, 1.54) is 6.07 Å². The Balaban J connectivity index is 0.00000256. The molecule has 2 aromatic rings. The number of aliphatic imine (C=N–C) groups is 1. The Morgan fingerprint density at radius 1 is 1.33 bits per heavy atom. The molecule has 9 heteroatoms. The van der Waals surface area contributed by atoms with E-state index in [4.69, 9.17) is 4.99 Å². The van der Waals surface area contributed by atoms with Crippen LogP contribution in [0.4, 0.5) is 10.1 Å². The number of rotatable bonds is 5. The van der Waals surface area contributed by atoms with Crippen molar-refractivity contribution in [2.45, 2.75) is 25.2 Å². The van der Waals surface area contributed by atoms with Gasteiger partial charge in [-0.25, -0.2) is 4.39 Å². The molecule has 30 heavy (non-hydrogen) atoms. The number of hydrogen-bond donors (Lipinski definition) is 1. The van der Waals surface area contributed by atoms with Gasteiger partial charge in [0.25, 0.3) is 0 Å². The summed E-state index contributed by atoms with van der Waals surface area (Å²) < 4.78 is 15.3. The van der Waals surface area contributed by atoms with Gasteiger partial charge in [-0.3, -0.25) is 14.5 Å². The lowest BCUT2D eigenvalue weighted by Crippen LogP contribution is -2.55. The van der Waals surface area contributed by atoms with E-state index in [0.29, 0.717) is 19.6 Å². The van der Waals surface area contributed by atoms with Crippen LogP contribution >= 0.6 is 24.0 Å². The topological polar surface area (TPSA) is 65.8 Å². The largest absolute Gasteiger partial charge is 0.357 e. The SMILES string of the molecule is CCNC(=NCC1(c2cccc(F)c2)CC1)N1CCN(c2cnn(C)c2)C(=O)C1.I. The van der Waals surface area contributed by atoms with Gasteiger partial charge in [0.2, 0.25) is 5.91 Å². The van der Waals surface area contributed by atoms with Crippen molar-refractivity contribution in [3.05, 3.63) is 48.0 Å². The Bertz CT molecular complexity index is 926. The van der Waals surface area contributed by atoms with Crippen LogP contribution in [0.5, 0.6) is 0 Å². The Kier molecular flexibility index (Phi) is 6.99. The molecule has 7 nitrogen and oxygen atoms in total. The van der Waals surface area contributed by atoms with Crippen molar-refractivity contribution >= 4 is 41.5 Å². The molecule has 1 aromatic heterocycles. The number of nitrogens with one attached hydrogen (secondary N) is 1. The number of halogens is 2. The molecule has 0 spiro atoms. The number of aryl methyl sites for hydroxylation is 1. The van der Waals surface area contributed by atoms with Crippen molar-refractivity contribution in [1.29, 1.82) is 0 Å². The Morgan fingerprint density at radius 3 is 2.73 bits per heavy atom. The Hall–Kier alpha value is -2.17. The molecule has 0 atom stereocenters. The van der Waals surface area contributed by atoms with Gasteiger partial charge in [0.15, 0.2) is 5.96 Å². The first kappa shape index (κ1) is 22.5. The predicted octanol–water partition coefficient (Wildman–Crippen LogP) is 2.52. The molecule has 1 aliphatic heterocycles. The number of guanidine groups is 1. The number of carbonyl (C=O) groups excluding carboxylic acids is 1. The van der Waals surface area contributed by atoms with Gasteiger partial charge in [0.05, 0.1) is 18.4 Å². The van der Waals surface area contributed by atoms with Gasteiger partial charge in [-0.05, 0) is 37.5 Å². The van der Waals surface area contributed by atoms with Gasteiger partial charge < -0.3 is 15.1 Å². The zero-order chi connectivity index (χ0) is 20.4. The van der Waals surface area contributed by atoms with Crippen LogP contribution in [-0.4, -0.2) is 59.3 Å². The van der Waals surface area contributed by atoms with Crippen molar-refractivity contribution in [2.75, 3.05) is 37.6 Å². The second-order valence-corrected chi connectivity index (χ2v) is 7.80.